The van der Waals surface area contributed by atoms with Crippen LogP contribution in [0.15, 0.2) is 24.3 Å². The first kappa shape index (κ1) is 16.1. The standard InChI is InChI=1S/C13H16O7/c1-7-5-3-4-6-13(7,2)12(19)20-11(18)9(15)8(14)10(16)17/h3-9,14-15H,1-2H3,(H,16,17). The maximum Gasteiger partial charge on any atom is 0.346 e. The number of ether oxygens (including phenoxy) is 1. The molecule has 0 spiro atoms. The summed E-state index contributed by atoms with van der Waals surface area (Å²) in [5.41, 5.74) is -1.10. The van der Waals surface area contributed by atoms with E-state index in [0.717, 1.165) is 0 Å². The number of aliphatic hydroxyl groups excluding tert-OH is 2. The van der Waals surface area contributed by atoms with Crippen LogP contribution in [-0.4, -0.2) is 45.4 Å². The summed E-state index contributed by atoms with van der Waals surface area (Å²) >= 11 is 0. The molecule has 0 aromatic rings. The number of aliphatic carboxylic acids is 1. The molecule has 110 valence electrons. The van der Waals surface area contributed by atoms with Crippen molar-refractivity contribution in [3.63, 3.8) is 0 Å². The lowest BCUT2D eigenvalue weighted by Crippen LogP contribution is -2.44. The molecule has 1 rings (SSSR count). The van der Waals surface area contributed by atoms with Crippen molar-refractivity contribution < 1.29 is 34.4 Å². The largest absolute Gasteiger partial charge is 0.479 e. The Hall–Kier alpha value is -1.99. The summed E-state index contributed by atoms with van der Waals surface area (Å²) in [5, 5.41) is 26.7. The highest BCUT2D eigenvalue weighted by Gasteiger charge is 2.41. The molecule has 0 bridgehead atoms. The minimum atomic E-state index is -2.35. The van der Waals surface area contributed by atoms with Gasteiger partial charge in [0.15, 0.2) is 12.2 Å². The minimum absolute atomic E-state index is 0.241. The minimum Gasteiger partial charge on any atom is -0.479 e. The van der Waals surface area contributed by atoms with E-state index >= 15 is 0 Å². The number of allylic oxidation sites excluding steroid dienone is 3. The smallest absolute Gasteiger partial charge is 0.346 e. The Morgan fingerprint density at radius 2 is 1.80 bits per heavy atom. The van der Waals surface area contributed by atoms with Crippen LogP contribution in [0.3, 0.4) is 0 Å². The van der Waals surface area contributed by atoms with E-state index in [1.807, 2.05) is 0 Å². The summed E-state index contributed by atoms with van der Waals surface area (Å²) in [6.45, 7) is 3.29. The highest BCUT2D eigenvalue weighted by molar-refractivity contribution is 5.94. The second kappa shape index (κ2) is 5.98. The van der Waals surface area contributed by atoms with Gasteiger partial charge in [-0.25, -0.2) is 9.59 Å². The molecule has 0 aromatic heterocycles. The van der Waals surface area contributed by atoms with E-state index in [0.29, 0.717) is 0 Å². The average molecular weight is 284 g/mol. The number of carboxylic acid groups (broad SMARTS) is 1. The first-order valence-electron chi connectivity index (χ1n) is 5.91. The first-order chi connectivity index (χ1) is 9.20. The third kappa shape index (κ3) is 3.12. The second-order valence-corrected chi connectivity index (χ2v) is 4.75. The number of carbonyl (C=O) groups excluding carboxylic acids is 2. The lowest BCUT2D eigenvalue weighted by molar-refractivity contribution is -0.179. The van der Waals surface area contributed by atoms with Gasteiger partial charge in [0, 0.05) is 0 Å². The predicted molar refractivity (Wildman–Crippen MR) is 66.3 cm³/mol. The van der Waals surface area contributed by atoms with Gasteiger partial charge in [0.1, 0.15) is 0 Å². The Bertz CT molecular complexity index is 479. The molecule has 1 aliphatic rings. The van der Waals surface area contributed by atoms with Gasteiger partial charge in [-0.2, -0.15) is 0 Å². The Labute approximate surface area is 115 Å². The molecule has 0 saturated heterocycles. The maximum atomic E-state index is 12.0. The van der Waals surface area contributed by atoms with E-state index in [9.17, 15) is 19.5 Å². The van der Waals surface area contributed by atoms with Crippen molar-refractivity contribution in [2.45, 2.75) is 26.1 Å². The molecule has 4 unspecified atom stereocenters. The van der Waals surface area contributed by atoms with Crippen LogP contribution in [0.4, 0.5) is 0 Å². The van der Waals surface area contributed by atoms with Crippen LogP contribution >= 0.6 is 0 Å². The molecule has 0 amide bonds. The number of rotatable bonds is 4. The SMILES string of the molecule is CC1C=CC=CC1(C)C(=O)OC(=O)C(O)C(O)C(=O)O. The summed E-state index contributed by atoms with van der Waals surface area (Å²) < 4.78 is 4.46. The number of carboxylic acids is 1. The van der Waals surface area contributed by atoms with Gasteiger partial charge in [-0.3, -0.25) is 4.79 Å². The zero-order valence-corrected chi connectivity index (χ0v) is 11.0. The number of carbonyl (C=O) groups is 3. The van der Waals surface area contributed by atoms with Crippen LogP contribution in [0, 0.1) is 11.3 Å². The van der Waals surface area contributed by atoms with Crippen molar-refractivity contribution in [3.8, 4) is 0 Å². The second-order valence-electron chi connectivity index (χ2n) is 4.75. The average Bonchev–Trinajstić information content (AvgIpc) is 2.40. The number of aliphatic hydroxyl groups is 2. The summed E-state index contributed by atoms with van der Waals surface area (Å²) in [5.74, 6) is -4.45. The van der Waals surface area contributed by atoms with E-state index < -0.39 is 35.5 Å². The molecular weight excluding hydrogens is 268 g/mol. The molecule has 0 aromatic carbocycles. The fraction of sp³-hybridized carbons (Fsp3) is 0.462. The van der Waals surface area contributed by atoms with Crippen molar-refractivity contribution >= 4 is 17.9 Å². The van der Waals surface area contributed by atoms with Crippen LogP contribution in [0.5, 0.6) is 0 Å². The van der Waals surface area contributed by atoms with Crippen molar-refractivity contribution in [1.82, 2.24) is 0 Å². The van der Waals surface area contributed by atoms with Gasteiger partial charge in [0.25, 0.3) is 0 Å². The molecule has 0 fully saturated rings. The molecule has 0 heterocycles. The molecule has 0 saturated carbocycles. The Morgan fingerprint density at radius 3 is 2.30 bits per heavy atom. The molecular formula is C13H16O7. The Balaban J connectivity index is 2.76. The van der Waals surface area contributed by atoms with E-state index in [2.05, 4.69) is 4.74 Å². The molecule has 0 aliphatic heterocycles. The van der Waals surface area contributed by atoms with E-state index in [1.54, 1.807) is 38.2 Å². The topological polar surface area (TPSA) is 121 Å². The summed E-state index contributed by atoms with van der Waals surface area (Å²) in [6.07, 6.45) is 1.99. The zero-order chi connectivity index (χ0) is 15.5. The molecule has 20 heavy (non-hydrogen) atoms. The molecule has 3 N–H and O–H groups in total. The van der Waals surface area contributed by atoms with Crippen molar-refractivity contribution in [2.24, 2.45) is 11.3 Å². The summed E-state index contributed by atoms with van der Waals surface area (Å²) in [4.78, 5) is 33.8. The Morgan fingerprint density at radius 1 is 1.20 bits per heavy atom. The van der Waals surface area contributed by atoms with Gasteiger partial charge in [-0.1, -0.05) is 31.2 Å². The van der Waals surface area contributed by atoms with Gasteiger partial charge in [-0.05, 0) is 12.8 Å². The van der Waals surface area contributed by atoms with Crippen LogP contribution in [0.1, 0.15) is 13.8 Å². The van der Waals surface area contributed by atoms with Gasteiger partial charge in [-0.15, -0.1) is 0 Å². The highest BCUT2D eigenvalue weighted by atomic mass is 16.6. The highest BCUT2D eigenvalue weighted by Crippen LogP contribution is 2.34. The zero-order valence-electron chi connectivity index (χ0n) is 11.0. The lowest BCUT2D eigenvalue weighted by Gasteiger charge is -2.30. The fourth-order valence-electron chi connectivity index (χ4n) is 1.62. The lowest BCUT2D eigenvalue weighted by atomic mass is 9.75. The third-order valence-corrected chi connectivity index (χ3v) is 3.33. The maximum absolute atomic E-state index is 12.0. The summed E-state index contributed by atoms with van der Waals surface area (Å²) in [6, 6.07) is 0. The molecule has 0 radical (unpaired) electrons. The third-order valence-electron chi connectivity index (χ3n) is 3.33. The molecule has 4 atom stereocenters. The van der Waals surface area contributed by atoms with Crippen molar-refractivity contribution in [1.29, 1.82) is 0 Å². The van der Waals surface area contributed by atoms with Crippen molar-refractivity contribution in [3.05, 3.63) is 24.3 Å². The van der Waals surface area contributed by atoms with Gasteiger partial charge >= 0.3 is 17.9 Å². The van der Waals surface area contributed by atoms with Crippen LogP contribution in [0.2, 0.25) is 0 Å². The van der Waals surface area contributed by atoms with Gasteiger partial charge in [0.05, 0.1) is 5.41 Å². The van der Waals surface area contributed by atoms with Crippen LogP contribution in [-0.2, 0) is 19.1 Å². The Kier molecular flexibility index (Phi) is 4.80. The van der Waals surface area contributed by atoms with Gasteiger partial charge < -0.3 is 20.1 Å². The molecule has 1 aliphatic carbocycles. The first-order valence-corrected chi connectivity index (χ1v) is 5.91. The van der Waals surface area contributed by atoms with Crippen LogP contribution in [0.25, 0.3) is 0 Å². The summed E-state index contributed by atoms with van der Waals surface area (Å²) in [7, 11) is 0. The monoisotopic (exact) mass is 284 g/mol. The predicted octanol–water partition coefficient (Wildman–Crippen LogP) is -0.369. The van der Waals surface area contributed by atoms with E-state index in [1.165, 1.54) is 0 Å². The normalized spacial score (nSPS) is 27.7. The number of hydrogen-bond donors (Lipinski definition) is 3. The van der Waals surface area contributed by atoms with E-state index in [4.69, 9.17) is 10.2 Å². The van der Waals surface area contributed by atoms with E-state index in [-0.39, 0.29) is 5.92 Å². The number of hydrogen-bond acceptors (Lipinski definition) is 6. The molecule has 7 nitrogen and oxygen atoms in total. The van der Waals surface area contributed by atoms with Gasteiger partial charge in [0.2, 0.25) is 0 Å². The fourth-order valence-corrected chi connectivity index (χ4v) is 1.62. The molecule has 7 heteroatoms. The quantitative estimate of drug-likeness (QED) is 0.475. The van der Waals surface area contributed by atoms with Crippen LogP contribution < -0.4 is 0 Å². The number of esters is 2. The van der Waals surface area contributed by atoms with Crippen molar-refractivity contribution in [2.75, 3.05) is 0 Å².